The van der Waals surface area contributed by atoms with Crippen molar-refractivity contribution in [3.05, 3.63) is 29.8 Å². The molecule has 5 heteroatoms. The van der Waals surface area contributed by atoms with Crippen LogP contribution in [-0.4, -0.2) is 20.7 Å². The second-order valence-corrected chi connectivity index (χ2v) is 4.57. The molecular formula is C14H18N4O. The summed E-state index contributed by atoms with van der Waals surface area (Å²) in [7, 11) is 0. The Bertz CT molecular complexity index is 589. The van der Waals surface area contributed by atoms with Crippen molar-refractivity contribution in [2.24, 2.45) is 0 Å². The number of rotatable bonds is 4. The average Bonchev–Trinajstić information content (AvgIpc) is 2.78. The summed E-state index contributed by atoms with van der Waals surface area (Å²) in [6, 6.07) is 7.80. The minimum Gasteiger partial charge on any atom is -0.368 e. The first-order chi connectivity index (χ1) is 9.11. The molecule has 0 radical (unpaired) electrons. The topological polar surface area (TPSA) is 73.8 Å². The van der Waals surface area contributed by atoms with Gasteiger partial charge in [0.05, 0.1) is 0 Å². The van der Waals surface area contributed by atoms with Crippen LogP contribution in [-0.2, 0) is 0 Å². The molecule has 2 aromatic rings. The summed E-state index contributed by atoms with van der Waals surface area (Å²) in [5.41, 5.74) is 7.74. The van der Waals surface area contributed by atoms with E-state index < -0.39 is 0 Å². The van der Waals surface area contributed by atoms with Gasteiger partial charge in [0, 0.05) is 12.0 Å². The van der Waals surface area contributed by atoms with Crippen LogP contribution >= 0.6 is 0 Å². The molecule has 0 amide bonds. The Balaban J connectivity index is 2.28. The molecular weight excluding hydrogens is 240 g/mol. The fourth-order valence-corrected chi connectivity index (χ4v) is 1.85. The van der Waals surface area contributed by atoms with Gasteiger partial charge in [-0.25, -0.2) is 0 Å². The number of aryl methyl sites for hydroxylation is 1. The van der Waals surface area contributed by atoms with Crippen molar-refractivity contribution in [2.45, 2.75) is 33.1 Å². The van der Waals surface area contributed by atoms with E-state index in [0.29, 0.717) is 12.2 Å². The molecule has 0 atom stereocenters. The third-order valence-electron chi connectivity index (χ3n) is 2.89. The maximum atomic E-state index is 11.9. The maximum Gasteiger partial charge on any atom is 0.250 e. The molecule has 0 saturated heterocycles. The smallest absolute Gasteiger partial charge is 0.250 e. The van der Waals surface area contributed by atoms with Crippen LogP contribution in [0.25, 0.3) is 11.4 Å². The van der Waals surface area contributed by atoms with Crippen LogP contribution in [0.3, 0.4) is 0 Å². The first kappa shape index (κ1) is 13.3. The third kappa shape index (κ3) is 2.99. The number of carbonyl (C=O) groups is 1. The van der Waals surface area contributed by atoms with Gasteiger partial charge in [-0.3, -0.25) is 4.79 Å². The van der Waals surface area contributed by atoms with Crippen LogP contribution in [0.15, 0.2) is 24.3 Å². The van der Waals surface area contributed by atoms with Gasteiger partial charge in [-0.1, -0.05) is 37.1 Å². The molecule has 1 aromatic carbocycles. The standard InChI is InChI=1S/C14H18N4O/c1-3-4-8-12(19)18-14(15)16-13(17-18)11-7-5-6-10(2)9-11/h5-7,9H,3-4,8H2,1-2H3,(H2,15,16,17). The second kappa shape index (κ2) is 5.65. The Morgan fingerprint density at radius 3 is 2.89 bits per heavy atom. The van der Waals surface area contributed by atoms with E-state index in [1.54, 1.807) is 0 Å². The SMILES string of the molecule is CCCCC(=O)n1nc(-c2cccc(C)c2)nc1N. The Morgan fingerprint density at radius 1 is 1.42 bits per heavy atom. The van der Waals surface area contributed by atoms with Crippen molar-refractivity contribution < 1.29 is 4.79 Å². The fourth-order valence-electron chi connectivity index (χ4n) is 1.85. The zero-order chi connectivity index (χ0) is 13.8. The van der Waals surface area contributed by atoms with Gasteiger partial charge >= 0.3 is 0 Å². The van der Waals surface area contributed by atoms with Crippen LogP contribution in [0.2, 0.25) is 0 Å². The lowest BCUT2D eigenvalue weighted by atomic mass is 10.1. The monoisotopic (exact) mass is 258 g/mol. The predicted octanol–water partition coefficient (Wildman–Crippen LogP) is 2.67. The highest BCUT2D eigenvalue weighted by atomic mass is 16.2. The second-order valence-electron chi connectivity index (χ2n) is 4.57. The predicted molar refractivity (Wildman–Crippen MR) is 74.8 cm³/mol. The minimum atomic E-state index is -0.106. The normalized spacial score (nSPS) is 10.6. The number of aromatic nitrogens is 3. The summed E-state index contributed by atoms with van der Waals surface area (Å²) in [5.74, 6) is 0.536. The zero-order valence-electron chi connectivity index (χ0n) is 11.3. The van der Waals surface area contributed by atoms with Crippen LogP contribution < -0.4 is 5.73 Å². The van der Waals surface area contributed by atoms with E-state index in [2.05, 4.69) is 10.1 Å². The molecule has 0 unspecified atom stereocenters. The molecule has 0 fully saturated rings. The van der Waals surface area contributed by atoms with E-state index in [4.69, 9.17) is 5.73 Å². The largest absolute Gasteiger partial charge is 0.368 e. The van der Waals surface area contributed by atoms with Crippen molar-refractivity contribution in [1.82, 2.24) is 14.8 Å². The first-order valence-corrected chi connectivity index (χ1v) is 6.44. The number of benzene rings is 1. The zero-order valence-corrected chi connectivity index (χ0v) is 11.3. The van der Waals surface area contributed by atoms with Gasteiger partial charge in [-0.05, 0) is 19.4 Å². The quantitative estimate of drug-likeness (QED) is 0.915. The van der Waals surface area contributed by atoms with Gasteiger partial charge in [0.1, 0.15) is 0 Å². The Kier molecular flexibility index (Phi) is 3.94. The van der Waals surface area contributed by atoms with E-state index in [-0.39, 0.29) is 11.9 Å². The van der Waals surface area contributed by atoms with E-state index in [0.717, 1.165) is 24.0 Å². The van der Waals surface area contributed by atoms with Crippen LogP contribution in [0.5, 0.6) is 0 Å². The van der Waals surface area contributed by atoms with E-state index >= 15 is 0 Å². The highest BCUT2D eigenvalue weighted by Crippen LogP contribution is 2.18. The molecule has 2 N–H and O–H groups in total. The maximum absolute atomic E-state index is 11.9. The van der Waals surface area contributed by atoms with Gasteiger partial charge < -0.3 is 5.73 Å². The Hall–Kier alpha value is -2.17. The van der Waals surface area contributed by atoms with Crippen LogP contribution in [0.4, 0.5) is 5.95 Å². The molecule has 100 valence electrons. The lowest BCUT2D eigenvalue weighted by molar-refractivity contribution is 0.0887. The van der Waals surface area contributed by atoms with E-state index in [1.165, 1.54) is 4.68 Å². The molecule has 5 nitrogen and oxygen atoms in total. The highest BCUT2D eigenvalue weighted by Gasteiger charge is 2.14. The van der Waals surface area contributed by atoms with Crippen molar-refractivity contribution in [1.29, 1.82) is 0 Å². The highest BCUT2D eigenvalue weighted by molar-refractivity contribution is 5.81. The molecule has 1 heterocycles. The summed E-state index contributed by atoms with van der Waals surface area (Å²) in [6.07, 6.45) is 2.24. The van der Waals surface area contributed by atoms with Crippen LogP contribution in [0.1, 0.15) is 36.5 Å². The number of unbranched alkanes of at least 4 members (excludes halogenated alkanes) is 1. The summed E-state index contributed by atoms with van der Waals surface area (Å²) in [5, 5.41) is 4.20. The minimum absolute atomic E-state index is 0.106. The van der Waals surface area contributed by atoms with Crippen molar-refractivity contribution in [3.8, 4) is 11.4 Å². The van der Waals surface area contributed by atoms with Crippen molar-refractivity contribution in [2.75, 3.05) is 5.73 Å². The lowest BCUT2D eigenvalue weighted by Crippen LogP contribution is -2.14. The Labute approximate surface area is 112 Å². The summed E-state index contributed by atoms with van der Waals surface area (Å²) < 4.78 is 1.20. The van der Waals surface area contributed by atoms with Crippen molar-refractivity contribution >= 4 is 11.9 Å². The number of carbonyl (C=O) groups excluding carboxylic acids is 1. The number of hydrogen-bond donors (Lipinski definition) is 1. The van der Waals surface area contributed by atoms with E-state index in [1.807, 2.05) is 38.1 Å². The van der Waals surface area contributed by atoms with Gasteiger partial charge in [0.2, 0.25) is 11.9 Å². The van der Waals surface area contributed by atoms with Crippen LogP contribution in [0, 0.1) is 6.92 Å². The fraction of sp³-hybridized carbons (Fsp3) is 0.357. The number of nitrogens with zero attached hydrogens (tertiary/aromatic N) is 3. The number of anilines is 1. The Morgan fingerprint density at radius 2 is 2.21 bits per heavy atom. The number of nitrogens with two attached hydrogens (primary N) is 1. The van der Waals surface area contributed by atoms with E-state index in [9.17, 15) is 4.79 Å². The third-order valence-corrected chi connectivity index (χ3v) is 2.89. The molecule has 0 aliphatic carbocycles. The van der Waals surface area contributed by atoms with Crippen molar-refractivity contribution in [3.63, 3.8) is 0 Å². The van der Waals surface area contributed by atoms with Gasteiger partial charge in [0.15, 0.2) is 5.82 Å². The summed E-state index contributed by atoms with van der Waals surface area (Å²) in [6.45, 7) is 4.03. The molecule has 0 aliphatic rings. The lowest BCUT2D eigenvalue weighted by Gasteiger charge is -1.99. The molecule has 2 rings (SSSR count). The average molecular weight is 258 g/mol. The molecule has 0 saturated carbocycles. The summed E-state index contributed by atoms with van der Waals surface area (Å²) >= 11 is 0. The molecule has 0 aliphatic heterocycles. The van der Waals surface area contributed by atoms with Gasteiger partial charge in [-0.15, -0.1) is 5.10 Å². The van der Waals surface area contributed by atoms with Gasteiger partial charge in [-0.2, -0.15) is 9.67 Å². The summed E-state index contributed by atoms with van der Waals surface area (Å²) in [4.78, 5) is 16.1. The number of nitrogen functional groups attached to an aromatic ring is 1. The first-order valence-electron chi connectivity index (χ1n) is 6.44. The molecule has 19 heavy (non-hydrogen) atoms. The van der Waals surface area contributed by atoms with Gasteiger partial charge in [0.25, 0.3) is 0 Å². The molecule has 0 spiro atoms. The molecule has 0 bridgehead atoms. The molecule has 1 aromatic heterocycles. The number of hydrogen-bond acceptors (Lipinski definition) is 4.